The van der Waals surface area contributed by atoms with Gasteiger partial charge in [0.15, 0.2) is 0 Å². The van der Waals surface area contributed by atoms with Crippen LogP contribution in [-0.2, 0) is 14.3 Å². The number of carbonyl (C=O) groups is 2. The van der Waals surface area contributed by atoms with Crippen LogP contribution >= 0.6 is 0 Å². The van der Waals surface area contributed by atoms with Gasteiger partial charge in [-0.3, -0.25) is 9.59 Å². The van der Waals surface area contributed by atoms with Crippen LogP contribution in [0.25, 0.3) is 0 Å². The monoisotopic (exact) mass is 238 g/mol. The van der Waals surface area contributed by atoms with E-state index in [0.717, 1.165) is 12.3 Å². The SMILES string of the molecule is CC1CC(OC(=O)CC(=O)C(C)(C)C)C2CC12. The van der Waals surface area contributed by atoms with Crippen LogP contribution in [0.4, 0.5) is 0 Å². The molecule has 2 aliphatic rings. The molecule has 0 saturated heterocycles. The minimum absolute atomic E-state index is 0.0408. The zero-order chi connectivity index (χ0) is 12.8. The molecule has 0 aromatic carbocycles. The minimum atomic E-state index is -0.454. The van der Waals surface area contributed by atoms with Gasteiger partial charge in [0, 0.05) is 5.41 Å². The Hall–Kier alpha value is -0.860. The smallest absolute Gasteiger partial charge is 0.313 e. The molecule has 2 fully saturated rings. The fourth-order valence-corrected chi connectivity index (χ4v) is 2.78. The maximum absolute atomic E-state index is 11.7. The molecular formula is C14H22O3. The number of esters is 1. The zero-order valence-electron chi connectivity index (χ0n) is 11.2. The fourth-order valence-electron chi connectivity index (χ4n) is 2.78. The van der Waals surface area contributed by atoms with E-state index in [0.29, 0.717) is 11.8 Å². The van der Waals surface area contributed by atoms with Gasteiger partial charge >= 0.3 is 5.97 Å². The second-order valence-electron chi connectivity index (χ2n) is 6.65. The van der Waals surface area contributed by atoms with E-state index < -0.39 is 5.41 Å². The zero-order valence-corrected chi connectivity index (χ0v) is 11.2. The quantitative estimate of drug-likeness (QED) is 0.560. The number of hydrogen-bond acceptors (Lipinski definition) is 3. The van der Waals surface area contributed by atoms with Gasteiger partial charge in [-0.2, -0.15) is 0 Å². The van der Waals surface area contributed by atoms with Gasteiger partial charge < -0.3 is 4.74 Å². The van der Waals surface area contributed by atoms with Crippen molar-refractivity contribution in [3.63, 3.8) is 0 Å². The number of ketones is 1. The molecule has 0 amide bonds. The van der Waals surface area contributed by atoms with Gasteiger partial charge in [0.25, 0.3) is 0 Å². The first-order valence-corrected chi connectivity index (χ1v) is 6.52. The molecule has 0 N–H and O–H groups in total. The largest absolute Gasteiger partial charge is 0.462 e. The number of rotatable bonds is 3. The predicted octanol–water partition coefficient (Wildman–Crippen LogP) is 2.58. The third kappa shape index (κ3) is 2.70. The minimum Gasteiger partial charge on any atom is -0.462 e. The van der Waals surface area contributed by atoms with Crippen molar-refractivity contribution in [3.8, 4) is 0 Å². The Morgan fingerprint density at radius 2 is 1.82 bits per heavy atom. The highest BCUT2D eigenvalue weighted by Crippen LogP contribution is 2.56. The lowest BCUT2D eigenvalue weighted by Gasteiger charge is -2.18. The van der Waals surface area contributed by atoms with Crippen molar-refractivity contribution in [2.75, 3.05) is 0 Å². The van der Waals surface area contributed by atoms with Crippen LogP contribution in [0.1, 0.15) is 47.0 Å². The number of Topliss-reactive ketones (excluding diaryl/α,β-unsaturated/α-hetero) is 1. The molecule has 0 heterocycles. The molecule has 96 valence electrons. The average Bonchev–Trinajstić information content (AvgIpc) is 2.88. The highest BCUT2D eigenvalue weighted by molar-refractivity contribution is 5.98. The normalized spacial score (nSPS) is 35.3. The summed E-state index contributed by atoms with van der Waals surface area (Å²) in [7, 11) is 0. The van der Waals surface area contributed by atoms with E-state index in [2.05, 4.69) is 6.92 Å². The molecule has 0 aromatic rings. The van der Waals surface area contributed by atoms with Crippen molar-refractivity contribution < 1.29 is 14.3 Å². The van der Waals surface area contributed by atoms with Crippen LogP contribution in [0.2, 0.25) is 0 Å². The first kappa shape index (κ1) is 12.6. The summed E-state index contributed by atoms with van der Waals surface area (Å²) < 4.78 is 5.44. The Labute approximate surface area is 103 Å². The molecule has 2 rings (SSSR count). The van der Waals surface area contributed by atoms with Gasteiger partial charge in [0.2, 0.25) is 0 Å². The van der Waals surface area contributed by atoms with Crippen LogP contribution in [0, 0.1) is 23.2 Å². The van der Waals surface area contributed by atoms with Gasteiger partial charge in [0.1, 0.15) is 18.3 Å². The molecule has 4 unspecified atom stereocenters. The second kappa shape index (κ2) is 4.11. The predicted molar refractivity (Wildman–Crippen MR) is 64.3 cm³/mol. The summed E-state index contributed by atoms with van der Waals surface area (Å²) in [5.41, 5.74) is -0.454. The van der Waals surface area contributed by atoms with Gasteiger partial charge in [0.05, 0.1) is 0 Å². The standard InChI is InChI=1S/C14H22O3/c1-8-5-11(10-6-9(8)10)17-13(16)7-12(15)14(2,3)4/h8-11H,5-7H2,1-4H3. The van der Waals surface area contributed by atoms with Gasteiger partial charge in [-0.25, -0.2) is 0 Å². The lowest BCUT2D eigenvalue weighted by atomic mass is 9.89. The molecule has 0 aliphatic heterocycles. The van der Waals surface area contributed by atoms with Crippen LogP contribution in [0.15, 0.2) is 0 Å². The first-order chi connectivity index (χ1) is 7.79. The molecular weight excluding hydrogens is 216 g/mol. The summed E-state index contributed by atoms with van der Waals surface area (Å²) in [6.45, 7) is 7.71. The number of hydrogen-bond donors (Lipinski definition) is 0. The highest BCUT2D eigenvalue weighted by atomic mass is 16.5. The van der Waals surface area contributed by atoms with Crippen molar-refractivity contribution in [2.24, 2.45) is 23.2 Å². The lowest BCUT2D eigenvalue weighted by Crippen LogP contribution is -2.26. The fraction of sp³-hybridized carbons (Fsp3) is 0.857. The molecule has 3 heteroatoms. The molecule has 0 radical (unpaired) electrons. The Balaban J connectivity index is 1.80. The Kier molecular flexibility index (Phi) is 3.04. The molecule has 2 aliphatic carbocycles. The van der Waals surface area contributed by atoms with E-state index in [1.54, 1.807) is 0 Å². The van der Waals surface area contributed by atoms with Crippen molar-refractivity contribution in [3.05, 3.63) is 0 Å². The van der Waals surface area contributed by atoms with Crippen LogP contribution in [-0.4, -0.2) is 17.9 Å². The topological polar surface area (TPSA) is 43.4 Å². The van der Waals surface area contributed by atoms with Crippen molar-refractivity contribution >= 4 is 11.8 Å². The van der Waals surface area contributed by atoms with Crippen LogP contribution < -0.4 is 0 Å². The summed E-state index contributed by atoms with van der Waals surface area (Å²) in [5.74, 6) is 1.65. The number of carbonyl (C=O) groups excluding carboxylic acids is 2. The first-order valence-electron chi connectivity index (χ1n) is 6.52. The van der Waals surface area contributed by atoms with Crippen LogP contribution in [0.3, 0.4) is 0 Å². The molecule has 17 heavy (non-hydrogen) atoms. The summed E-state index contributed by atoms with van der Waals surface area (Å²) in [4.78, 5) is 23.4. The van der Waals surface area contributed by atoms with E-state index in [9.17, 15) is 9.59 Å². The number of fused-ring (bicyclic) bond motifs is 1. The van der Waals surface area contributed by atoms with Gasteiger partial charge in [-0.1, -0.05) is 27.7 Å². The maximum Gasteiger partial charge on any atom is 0.313 e. The Morgan fingerprint density at radius 3 is 2.24 bits per heavy atom. The van der Waals surface area contributed by atoms with E-state index in [-0.39, 0.29) is 24.3 Å². The maximum atomic E-state index is 11.7. The second-order valence-corrected chi connectivity index (χ2v) is 6.65. The molecule has 0 spiro atoms. The molecule has 3 nitrogen and oxygen atoms in total. The van der Waals surface area contributed by atoms with Gasteiger partial charge in [-0.15, -0.1) is 0 Å². The van der Waals surface area contributed by atoms with Gasteiger partial charge in [-0.05, 0) is 30.6 Å². The van der Waals surface area contributed by atoms with E-state index in [1.807, 2.05) is 20.8 Å². The third-order valence-corrected chi connectivity index (χ3v) is 4.13. The molecule has 2 saturated carbocycles. The van der Waals surface area contributed by atoms with Crippen LogP contribution in [0.5, 0.6) is 0 Å². The highest BCUT2D eigenvalue weighted by Gasteiger charge is 2.54. The summed E-state index contributed by atoms with van der Waals surface area (Å²) in [5, 5.41) is 0. The van der Waals surface area contributed by atoms with Crippen molar-refractivity contribution in [2.45, 2.75) is 53.1 Å². The Morgan fingerprint density at radius 1 is 1.18 bits per heavy atom. The lowest BCUT2D eigenvalue weighted by molar-refractivity contribution is -0.153. The van der Waals surface area contributed by atoms with E-state index in [4.69, 9.17) is 4.74 Å². The average molecular weight is 238 g/mol. The summed E-state index contributed by atoms with van der Waals surface area (Å²) >= 11 is 0. The van der Waals surface area contributed by atoms with E-state index in [1.165, 1.54) is 6.42 Å². The summed E-state index contributed by atoms with van der Waals surface area (Å²) in [6, 6.07) is 0. The van der Waals surface area contributed by atoms with E-state index >= 15 is 0 Å². The number of ether oxygens (including phenoxy) is 1. The molecule has 0 bridgehead atoms. The third-order valence-electron chi connectivity index (χ3n) is 4.13. The Bertz CT molecular complexity index is 340. The van der Waals surface area contributed by atoms with Crippen molar-refractivity contribution in [1.82, 2.24) is 0 Å². The molecule has 4 atom stereocenters. The summed E-state index contributed by atoms with van der Waals surface area (Å²) in [6.07, 6.45) is 2.18. The molecule has 0 aromatic heterocycles. The van der Waals surface area contributed by atoms with Crippen molar-refractivity contribution in [1.29, 1.82) is 0 Å².